The van der Waals surface area contributed by atoms with E-state index in [1.807, 2.05) is 4.90 Å². The van der Waals surface area contributed by atoms with E-state index in [-0.39, 0.29) is 0 Å². The number of aromatic nitrogens is 2. The maximum atomic E-state index is 12.5. The van der Waals surface area contributed by atoms with Crippen LogP contribution in [-0.4, -0.2) is 47.0 Å². The van der Waals surface area contributed by atoms with Gasteiger partial charge < -0.3 is 9.80 Å². The maximum absolute atomic E-state index is 12.5. The van der Waals surface area contributed by atoms with Crippen LogP contribution in [-0.2, 0) is 4.79 Å². The molecule has 0 spiro atoms. The Bertz CT molecular complexity index is 519. The van der Waals surface area contributed by atoms with Crippen LogP contribution in [0.3, 0.4) is 0 Å². The number of nitrogens with zero attached hydrogens (tertiary/aromatic N) is 4. The van der Waals surface area contributed by atoms with Gasteiger partial charge in [-0.05, 0) is 25.2 Å². The molecule has 1 amide bonds. The molecule has 1 aromatic rings. The predicted octanol–water partition coefficient (Wildman–Crippen LogP) is 2.75. The minimum absolute atomic E-state index is 0.325. The van der Waals surface area contributed by atoms with Gasteiger partial charge in [-0.3, -0.25) is 9.78 Å². The fourth-order valence-corrected chi connectivity index (χ4v) is 3.61. The summed E-state index contributed by atoms with van der Waals surface area (Å²) in [5, 5.41) is 0.413. The van der Waals surface area contributed by atoms with Crippen molar-refractivity contribution in [2.24, 2.45) is 5.92 Å². The molecule has 3 rings (SSSR count). The third-order valence-corrected chi connectivity index (χ3v) is 4.89. The number of rotatable bonds is 3. The molecular formula is C16H23ClN4O. The Morgan fingerprint density at radius 2 is 1.95 bits per heavy atom. The molecule has 0 N–H and O–H groups in total. The number of halogens is 1. The lowest BCUT2D eigenvalue weighted by atomic mass is 10.0. The lowest BCUT2D eigenvalue weighted by Crippen LogP contribution is -2.36. The van der Waals surface area contributed by atoms with Gasteiger partial charge in [0.15, 0.2) is 0 Å². The molecule has 2 fully saturated rings. The van der Waals surface area contributed by atoms with Crippen LogP contribution in [0.5, 0.6) is 0 Å². The van der Waals surface area contributed by atoms with Gasteiger partial charge in [0.05, 0.1) is 12.4 Å². The molecule has 5 nitrogen and oxygen atoms in total. The smallest absolute Gasteiger partial charge is 0.222 e. The monoisotopic (exact) mass is 322 g/mol. The molecule has 2 aliphatic rings. The van der Waals surface area contributed by atoms with E-state index in [9.17, 15) is 4.79 Å². The molecule has 120 valence electrons. The highest BCUT2D eigenvalue weighted by atomic mass is 35.5. The zero-order valence-corrected chi connectivity index (χ0v) is 13.6. The van der Waals surface area contributed by atoms with E-state index in [4.69, 9.17) is 11.6 Å². The molecule has 6 heteroatoms. The summed E-state index contributed by atoms with van der Waals surface area (Å²) >= 11 is 5.91. The van der Waals surface area contributed by atoms with Crippen molar-refractivity contribution in [3.05, 3.63) is 17.5 Å². The van der Waals surface area contributed by atoms with E-state index >= 15 is 0 Å². The fourth-order valence-electron chi connectivity index (χ4n) is 3.47. The molecule has 2 heterocycles. The number of carbonyl (C=O) groups excluding carboxylic acids is 1. The molecule has 1 saturated carbocycles. The Morgan fingerprint density at radius 3 is 2.73 bits per heavy atom. The van der Waals surface area contributed by atoms with E-state index in [2.05, 4.69) is 14.9 Å². The average Bonchev–Trinajstić information content (AvgIpc) is 2.88. The Hall–Kier alpha value is -1.36. The van der Waals surface area contributed by atoms with Crippen molar-refractivity contribution < 1.29 is 4.79 Å². The quantitative estimate of drug-likeness (QED) is 0.858. The second-order valence-electron chi connectivity index (χ2n) is 6.28. The van der Waals surface area contributed by atoms with Gasteiger partial charge in [0.25, 0.3) is 0 Å². The van der Waals surface area contributed by atoms with Gasteiger partial charge in [0, 0.05) is 32.6 Å². The SMILES string of the molecule is O=C(CC1CCCC1)N1CCCN(c2cncc(Cl)n2)CC1. The molecule has 0 atom stereocenters. The van der Waals surface area contributed by atoms with Crippen molar-refractivity contribution in [3.8, 4) is 0 Å². The van der Waals surface area contributed by atoms with Crippen LogP contribution in [0, 0.1) is 5.92 Å². The minimum atomic E-state index is 0.325. The molecular weight excluding hydrogens is 300 g/mol. The van der Waals surface area contributed by atoms with Crippen molar-refractivity contribution in [3.63, 3.8) is 0 Å². The fraction of sp³-hybridized carbons (Fsp3) is 0.688. The average molecular weight is 323 g/mol. The molecule has 0 radical (unpaired) electrons. The van der Waals surface area contributed by atoms with Crippen molar-refractivity contribution in [2.45, 2.75) is 38.5 Å². The summed E-state index contributed by atoms with van der Waals surface area (Å²) in [5.74, 6) is 1.74. The van der Waals surface area contributed by atoms with Crippen LogP contribution in [0.25, 0.3) is 0 Å². The van der Waals surface area contributed by atoms with Crippen LogP contribution in [0.1, 0.15) is 38.5 Å². The number of amides is 1. The predicted molar refractivity (Wildman–Crippen MR) is 87.0 cm³/mol. The van der Waals surface area contributed by atoms with Crippen molar-refractivity contribution in [2.75, 3.05) is 31.1 Å². The van der Waals surface area contributed by atoms with E-state index in [0.29, 0.717) is 17.0 Å². The first kappa shape index (κ1) is 15.5. The highest BCUT2D eigenvalue weighted by Crippen LogP contribution is 2.28. The third-order valence-electron chi connectivity index (χ3n) is 4.70. The van der Waals surface area contributed by atoms with Gasteiger partial charge in [0.2, 0.25) is 5.91 Å². The highest BCUT2D eigenvalue weighted by Gasteiger charge is 2.24. The summed E-state index contributed by atoms with van der Waals surface area (Å²) in [6, 6.07) is 0. The first-order valence-corrected chi connectivity index (χ1v) is 8.60. The summed E-state index contributed by atoms with van der Waals surface area (Å²) in [7, 11) is 0. The van der Waals surface area contributed by atoms with Crippen LogP contribution in [0.4, 0.5) is 5.82 Å². The second-order valence-corrected chi connectivity index (χ2v) is 6.66. The molecule has 1 aliphatic heterocycles. The number of anilines is 1. The van der Waals surface area contributed by atoms with Gasteiger partial charge in [-0.15, -0.1) is 0 Å². The third kappa shape index (κ3) is 3.88. The molecule has 1 aromatic heterocycles. The Balaban J connectivity index is 1.56. The zero-order chi connectivity index (χ0) is 15.4. The zero-order valence-electron chi connectivity index (χ0n) is 12.9. The molecule has 0 unspecified atom stereocenters. The molecule has 22 heavy (non-hydrogen) atoms. The lowest BCUT2D eigenvalue weighted by Gasteiger charge is -2.23. The van der Waals surface area contributed by atoms with Crippen LogP contribution in [0.2, 0.25) is 5.15 Å². The summed E-state index contributed by atoms with van der Waals surface area (Å²) in [5.41, 5.74) is 0. The highest BCUT2D eigenvalue weighted by molar-refractivity contribution is 6.29. The summed E-state index contributed by atoms with van der Waals surface area (Å²) in [6.45, 7) is 3.30. The van der Waals surface area contributed by atoms with Crippen LogP contribution < -0.4 is 4.90 Å². The lowest BCUT2D eigenvalue weighted by molar-refractivity contribution is -0.131. The summed E-state index contributed by atoms with van der Waals surface area (Å²) in [4.78, 5) is 25.1. The van der Waals surface area contributed by atoms with Gasteiger partial charge in [-0.1, -0.05) is 24.4 Å². The van der Waals surface area contributed by atoms with E-state index in [1.54, 1.807) is 12.4 Å². The molecule has 1 aliphatic carbocycles. The van der Waals surface area contributed by atoms with Crippen LogP contribution in [0.15, 0.2) is 12.4 Å². The Kier molecular flexibility index (Phi) is 5.13. The van der Waals surface area contributed by atoms with Crippen molar-refractivity contribution in [1.29, 1.82) is 0 Å². The van der Waals surface area contributed by atoms with E-state index in [1.165, 1.54) is 25.7 Å². The van der Waals surface area contributed by atoms with Crippen molar-refractivity contribution in [1.82, 2.24) is 14.9 Å². The Morgan fingerprint density at radius 1 is 1.14 bits per heavy atom. The van der Waals surface area contributed by atoms with Gasteiger partial charge in [-0.2, -0.15) is 0 Å². The number of hydrogen-bond donors (Lipinski definition) is 0. The normalized spacial score (nSPS) is 20.2. The van der Waals surface area contributed by atoms with Gasteiger partial charge in [0.1, 0.15) is 11.0 Å². The maximum Gasteiger partial charge on any atom is 0.222 e. The van der Waals surface area contributed by atoms with Crippen molar-refractivity contribution >= 4 is 23.3 Å². The molecule has 1 saturated heterocycles. The van der Waals surface area contributed by atoms with E-state index < -0.39 is 0 Å². The van der Waals surface area contributed by atoms with Crippen LogP contribution >= 0.6 is 11.6 Å². The summed E-state index contributed by atoms with van der Waals surface area (Å²) in [6.07, 6.45) is 10.0. The second kappa shape index (κ2) is 7.27. The molecule has 0 bridgehead atoms. The summed E-state index contributed by atoms with van der Waals surface area (Å²) < 4.78 is 0. The molecule has 0 aromatic carbocycles. The number of hydrogen-bond acceptors (Lipinski definition) is 4. The Labute approximate surface area is 136 Å². The number of carbonyl (C=O) groups is 1. The van der Waals surface area contributed by atoms with E-state index in [0.717, 1.165) is 44.8 Å². The topological polar surface area (TPSA) is 49.3 Å². The van der Waals surface area contributed by atoms with Gasteiger partial charge in [-0.25, -0.2) is 4.98 Å². The minimum Gasteiger partial charge on any atom is -0.353 e. The first-order valence-electron chi connectivity index (χ1n) is 8.22. The largest absolute Gasteiger partial charge is 0.353 e. The van der Waals surface area contributed by atoms with Gasteiger partial charge >= 0.3 is 0 Å². The first-order chi connectivity index (χ1) is 10.7. The standard InChI is InChI=1S/C16H23ClN4O/c17-14-11-18-12-15(19-14)20-6-3-7-21(9-8-20)16(22)10-13-4-1-2-5-13/h11-13H,1-10H2.